The van der Waals surface area contributed by atoms with Crippen molar-refractivity contribution in [3.05, 3.63) is 23.4 Å². The van der Waals surface area contributed by atoms with Crippen LogP contribution in [0.3, 0.4) is 0 Å². The van der Waals surface area contributed by atoms with Crippen molar-refractivity contribution in [3.63, 3.8) is 0 Å². The first-order chi connectivity index (χ1) is 9.54. The first-order valence-electron chi connectivity index (χ1n) is 7.12. The summed E-state index contributed by atoms with van der Waals surface area (Å²) in [6.45, 7) is 2.58. The number of nitrogen functional groups attached to an aromatic ring is 1. The van der Waals surface area contributed by atoms with Crippen molar-refractivity contribution in [2.75, 3.05) is 18.5 Å². The Labute approximate surface area is 124 Å². The topological polar surface area (TPSA) is 68.0 Å². The van der Waals surface area contributed by atoms with Crippen molar-refractivity contribution in [2.45, 2.75) is 43.8 Å². The van der Waals surface area contributed by atoms with Crippen LogP contribution in [0.1, 0.15) is 48.2 Å². The molecule has 1 aliphatic carbocycles. The van der Waals surface area contributed by atoms with Crippen molar-refractivity contribution < 1.29 is 4.79 Å². The highest BCUT2D eigenvalue weighted by atomic mass is 32.2. The molecule has 0 atom stereocenters. The van der Waals surface area contributed by atoms with Crippen molar-refractivity contribution in [2.24, 2.45) is 0 Å². The Morgan fingerprint density at radius 3 is 2.70 bits per heavy atom. The second-order valence-electron chi connectivity index (χ2n) is 5.55. The average molecular weight is 293 g/mol. The molecule has 20 heavy (non-hydrogen) atoms. The number of pyridine rings is 1. The Bertz CT molecular complexity index is 464. The van der Waals surface area contributed by atoms with Crippen LogP contribution in [0.5, 0.6) is 0 Å². The lowest BCUT2D eigenvalue weighted by molar-refractivity contribution is 0.0946. The van der Waals surface area contributed by atoms with Gasteiger partial charge in [-0.3, -0.25) is 4.79 Å². The molecule has 1 saturated carbocycles. The molecule has 1 aromatic rings. The third-order valence-electron chi connectivity index (χ3n) is 4.00. The number of nitrogens with one attached hydrogen (secondary N) is 1. The van der Waals surface area contributed by atoms with Gasteiger partial charge in [0.15, 0.2) is 0 Å². The molecule has 1 fully saturated rings. The fraction of sp³-hybridized carbons (Fsp3) is 0.600. The van der Waals surface area contributed by atoms with Crippen molar-refractivity contribution in [1.82, 2.24) is 10.3 Å². The predicted molar refractivity (Wildman–Crippen MR) is 85.1 cm³/mol. The van der Waals surface area contributed by atoms with Crippen LogP contribution in [0.2, 0.25) is 0 Å². The molecule has 0 aliphatic heterocycles. The molecule has 4 nitrogen and oxygen atoms in total. The second kappa shape index (κ2) is 6.48. The van der Waals surface area contributed by atoms with Crippen LogP contribution < -0.4 is 11.1 Å². The third-order valence-corrected chi connectivity index (χ3v) is 5.42. The zero-order valence-electron chi connectivity index (χ0n) is 12.2. The van der Waals surface area contributed by atoms with Crippen LogP contribution in [-0.2, 0) is 0 Å². The number of nitrogens with two attached hydrogens (primary N) is 1. The maximum Gasteiger partial charge on any atom is 0.251 e. The molecule has 1 heterocycles. The second-order valence-corrected chi connectivity index (χ2v) is 6.83. The SMILES string of the molecule is CSC1(CNC(=O)c2cc(C)nc(N)c2)CCCCC1. The molecule has 1 aliphatic rings. The van der Waals surface area contributed by atoms with Gasteiger partial charge in [0, 0.05) is 22.5 Å². The highest BCUT2D eigenvalue weighted by molar-refractivity contribution is 8.00. The molecule has 0 saturated heterocycles. The monoisotopic (exact) mass is 293 g/mol. The van der Waals surface area contributed by atoms with Gasteiger partial charge in [-0.2, -0.15) is 11.8 Å². The fourth-order valence-corrected chi connectivity index (χ4v) is 3.73. The molecule has 1 aromatic heterocycles. The van der Waals surface area contributed by atoms with Gasteiger partial charge >= 0.3 is 0 Å². The summed E-state index contributed by atoms with van der Waals surface area (Å²) in [7, 11) is 0. The Morgan fingerprint density at radius 1 is 1.40 bits per heavy atom. The summed E-state index contributed by atoms with van der Waals surface area (Å²) in [6.07, 6.45) is 8.36. The van der Waals surface area contributed by atoms with E-state index in [1.54, 1.807) is 12.1 Å². The van der Waals surface area contributed by atoms with Crippen LogP contribution >= 0.6 is 11.8 Å². The van der Waals surface area contributed by atoms with E-state index < -0.39 is 0 Å². The van der Waals surface area contributed by atoms with E-state index in [-0.39, 0.29) is 10.7 Å². The molecular weight excluding hydrogens is 270 g/mol. The maximum atomic E-state index is 12.2. The van der Waals surface area contributed by atoms with E-state index in [1.807, 2.05) is 18.7 Å². The molecule has 0 unspecified atom stereocenters. The quantitative estimate of drug-likeness (QED) is 0.895. The van der Waals surface area contributed by atoms with E-state index in [0.717, 1.165) is 12.2 Å². The number of carbonyl (C=O) groups excluding carboxylic acids is 1. The minimum atomic E-state index is -0.0544. The largest absolute Gasteiger partial charge is 0.384 e. The summed E-state index contributed by atoms with van der Waals surface area (Å²) in [5.74, 6) is 0.341. The summed E-state index contributed by atoms with van der Waals surface area (Å²) in [5.41, 5.74) is 7.06. The third kappa shape index (κ3) is 3.66. The summed E-state index contributed by atoms with van der Waals surface area (Å²) < 4.78 is 0.210. The minimum Gasteiger partial charge on any atom is -0.384 e. The van der Waals surface area contributed by atoms with E-state index in [4.69, 9.17) is 5.73 Å². The molecule has 110 valence electrons. The van der Waals surface area contributed by atoms with Crippen LogP contribution in [0, 0.1) is 6.92 Å². The van der Waals surface area contributed by atoms with E-state index in [0.29, 0.717) is 11.4 Å². The lowest BCUT2D eigenvalue weighted by Crippen LogP contribution is -2.41. The standard InChI is InChI=1S/C15H23N3OS/c1-11-8-12(9-13(16)18-11)14(19)17-10-15(20-2)6-4-3-5-7-15/h8-9H,3-7,10H2,1-2H3,(H2,16,18)(H,17,19). The van der Waals surface area contributed by atoms with Crippen LogP contribution in [0.4, 0.5) is 5.82 Å². The van der Waals surface area contributed by atoms with Gasteiger partial charge in [-0.15, -0.1) is 0 Å². The fourth-order valence-electron chi connectivity index (χ4n) is 2.82. The van der Waals surface area contributed by atoms with Gasteiger partial charge in [0.2, 0.25) is 0 Å². The number of hydrogen-bond acceptors (Lipinski definition) is 4. The van der Waals surface area contributed by atoms with Gasteiger partial charge in [-0.1, -0.05) is 19.3 Å². The van der Waals surface area contributed by atoms with Gasteiger partial charge in [0.05, 0.1) is 0 Å². The maximum absolute atomic E-state index is 12.2. The molecule has 5 heteroatoms. The molecule has 3 N–H and O–H groups in total. The van der Waals surface area contributed by atoms with Gasteiger partial charge in [0.1, 0.15) is 5.82 Å². The molecule has 0 spiro atoms. The lowest BCUT2D eigenvalue weighted by Gasteiger charge is -2.35. The highest BCUT2D eigenvalue weighted by Crippen LogP contribution is 2.37. The normalized spacial score (nSPS) is 17.7. The Hall–Kier alpha value is -1.23. The molecule has 2 rings (SSSR count). The first-order valence-corrected chi connectivity index (χ1v) is 8.35. The first kappa shape index (κ1) is 15.2. The number of anilines is 1. The number of aryl methyl sites for hydroxylation is 1. The van der Waals surface area contributed by atoms with Gasteiger partial charge in [0.25, 0.3) is 5.91 Å². The van der Waals surface area contributed by atoms with Crippen molar-refractivity contribution >= 4 is 23.5 Å². The number of rotatable bonds is 4. The minimum absolute atomic E-state index is 0.0544. The van der Waals surface area contributed by atoms with E-state index in [2.05, 4.69) is 16.6 Å². The zero-order chi connectivity index (χ0) is 14.6. The molecule has 0 aromatic carbocycles. The Morgan fingerprint density at radius 2 is 2.10 bits per heavy atom. The Balaban J connectivity index is 2.00. The zero-order valence-corrected chi connectivity index (χ0v) is 13.1. The molecule has 1 amide bonds. The lowest BCUT2D eigenvalue weighted by atomic mass is 9.88. The number of carbonyl (C=O) groups is 1. The van der Waals surface area contributed by atoms with Gasteiger partial charge < -0.3 is 11.1 Å². The average Bonchev–Trinajstić information content (AvgIpc) is 2.45. The summed E-state index contributed by atoms with van der Waals surface area (Å²) in [4.78, 5) is 16.3. The van der Waals surface area contributed by atoms with Gasteiger partial charge in [-0.05, 0) is 38.2 Å². The van der Waals surface area contributed by atoms with Crippen LogP contribution in [-0.4, -0.2) is 28.4 Å². The number of thioether (sulfide) groups is 1. The number of nitrogens with zero attached hydrogens (tertiary/aromatic N) is 1. The number of amides is 1. The molecule has 0 bridgehead atoms. The van der Waals surface area contributed by atoms with Crippen molar-refractivity contribution in [3.8, 4) is 0 Å². The smallest absolute Gasteiger partial charge is 0.251 e. The van der Waals surface area contributed by atoms with E-state index in [9.17, 15) is 4.79 Å². The van der Waals surface area contributed by atoms with Crippen LogP contribution in [0.15, 0.2) is 12.1 Å². The summed E-state index contributed by atoms with van der Waals surface area (Å²) >= 11 is 1.88. The predicted octanol–water partition coefficient (Wildman–Crippen LogP) is 2.77. The highest BCUT2D eigenvalue weighted by Gasteiger charge is 2.31. The molecular formula is C15H23N3OS. The number of hydrogen-bond donors (Lipinski definition) is 2. The number of aromatic nitrogens is 1. The summed E-state index contributed by atoms with van der Waals surface area (Å²) in [6, 6.07) is 3.41. The summed E-state index contributed by atoms with van der Waals surface area (Å²) in [5, 5.41) is 3.07. The van der Waals surface area contributed by atoms with E-state index in [1.165, 1.54) is 32.1 Å². The van der Waals surface area contributed by atoms with Crippen LogP contribution in [0.25, 0.3) is 0 Å². The Kier molecular flexibility index (Phi) is 4.91. The van der Waals surface area contributed by atoms with E-state index >= 15 is 0 Å². The molecule has 0 radical (unpaired) electrons. The van der Waals surface area contributed by atoms with Gasteiger partial charge in [-0.25, -0.2) is 4.98 Å². The van der Waals surface area contributed by atoms with Crippen molar-refractivity contribution in [1.29, 1.82) is 0 Å².